The van der Waals surface area contributed by atoms with Crippen LogP contribution in [0.1, 0.15) is 5.56 Å². The third-order valence-corrected chi connectivity index (χ3v) is 1.61. The van der Waals surface area contributed by atoms with Gasteiger partial charge in [0.25, 0.3) is 0 Å². The monoisotopic (exact) mass is 245 g/mol. The van der Waals surface area contributed by atoms with Crippen molar-refractivity contribution in [3.63, 3.8) is 0 Å². The molecule has 1 rings (SSSR count). The van der Waals surface area contributed by atoms with Gasteiger partial charge in [-0.25, -0.2) is 0 Å². The molecule has 0 aliphatic heterocycles. The molecule has 3 nitrogen and oxygen atoms in total. The van der Waals surface area contributed by atoms with Crippen molar-refractivity contribution < 1.29 is 9.94 Å². The summed E-state index contributed by atoms with van der Waals surface area (Å²) >= 11 is 3.29. The summed E-state index contributed by atoms with van der Waals surface area (Å²) in [4.78, 5) is 0. The van der Waals surface area contributed by atoms with Crippen LogP contribution in [0.3, 0.4) is 0 Å². The van der Waals surface area contributed by atoms with Gasteiger partial charge in [0.15, 0.2) is 0 Å². The van der Waals surface area contributed by atoms with Crippen molar-refractivity contribution in [1.29, 1.82) is 0 Å². The predicted molar refractivity (Wildman–Crippen MR) is 56.5 cm³/mol. The fourth-order valence-electron chi connectivity index (χ4n) is 0.616. The second-order valence-corrected chi connectivity index (χ2v) is 3.12. The van der Waals surface area contributed by atoms with E-state index in [9.17, 15) is 0 Å². The van der Waals surface area contributed by atoms with E-state index in [1.807, 2.05) is 24.3 Å². The quantitative estimate of drug-likeness (QED) is 0.470. The summed E-state index contributed by atoms with van der Waals surface area (Å²) in [6.45, 7) is 0. The van der Waals surface area contributed by atoms with Gasteiger partial charge in [-0.15, -0.1) is 0 Å². The van der Waals surface area contributed by atoms with Gasteiger partial charge in [-0.1, -0.05) is 33.2 Å². The Balaban J connectivity index is 0.000000424. The topological polar surface area (TPSA) is 41.8 Å². The summed E-state index contributed by atoms with van der Waals surface area (Å²) in [5.41, 5.74) is 0.880. The lowest BCUT2D eigenvalue weighted by molar-refractivity contribution is 0.277. The molecule has 1 aromatic carbocycles. The van der Waals surface area contributed by atoms with Crippen LogP contribution in [-0.2, 0) is 4.74 Å². The molecule has 4 heteroatoms. The molecule has 0 bridgehead atoms. The van der Waals surface area contributed by atoms with Gasteiger partial charge in [0.2, 0.25) is 0 Å². The van der Waals surface area contributed by atoms with Gasteiger partial charge in [-0.2, -0.15) is 0 Å². The Morgan fingerprint density at radius 3 is 2.15 bits per heavy atom. The molecule has 1 aromatic rings. The summed E-state index contributed by atoms with van der Waals surface area (Å²) in [6, 6.07) is 7.47. The van der Waals surface area contributed by atoms with Gasteiger partial charge in [0, 0.05) is 18.7 Å². The lowest BCUT2D eigenvalue weighted by Gasteiger charge is -1.89. The molecular weight excluding hydrogens is 234 g/mol. The fraction of sp³-hybridized carbons (Fsp3) is 0.222. The number of rotatable bonds is 1. The van der Waals surface area contributed by atoms with E-state index in [0.29, 0.717) is 0 Å². The molecule has 0 unspecified atom stereocenters. The first-order valence-corrected chi connectivity index (χ1v) is 4.37. The van der Waals surface area contributed by atoms with E-state index in [0.717, 1.165) is 10.0 Å². The molecular formula is C9H12BrNO2. The van der Waals surface area contributed by atoms with Crippen molar-refractivity contribution >= 4 is 22.1 Å². The van der Waals surface area contributed by atoms with Crippen LogP contribution in [0.2, 0.25) is 0 Å². The second kappa shape index (κ2) is 7.76. The summed E-state index contributed by atoms with van der Waals surface area (Å²) in [7, 11) is 3.25. The number of benzene rings is 1. The zero-order valence-corrected chi connectivity index (χ0v) is 9.15. The SMILES string of the molecule is COC.ON=Cc1ccc(Br)cc1. The van der Waals surface area contributed by atoms with E-state index < -0.39 is 0 Å². The van der Waals surface area contributed by atoms with Crippen molar-refractivity contribution in [2.45, 2.75) is 0 Å². The molecule has 0 saturated carbocycles. The maximum Gasteiger partial charge on any atom is 0.0733 e. The molecule has 0 spiro atoms. The Morgan fingerprint density at radius 2 is 1.77 bits per heavy atom. The zero-order valence-electron chi connectivity index (χ0n) is 7.57. The van der Waals surface area contributed by atoms with E-state index in [1.165, 1.54) is 6.21 Å². The summed E-state index contributed by atoms with van der Waals surface area (Å²) < 4.78 is 5.27. The summed E-state index contributed by atoms with van der Waals surface area (Å²) in [6.07, 6.45) is 1.38. The molecule has 0 fully saturated rings. The highest BCUT2D eigenvalue weighted by atomic mass is 79.9. The Hall–Kier alpha value is -0.870. The first-order chi connectivity index (χ1) is 6.24. The van der Waals surface area contributed by atoms with Gasteiger partial charge >= 0.3 is 0 Å². The minimum atomic E-state index is 0.880. The first kappa shape index (κ1) is 12.1. The number of ether oxygens (including phenoxy) is 1. The van der Waals surface area contributed by atoms with Gasteiger partial charge in [-0.3, -0.25) is 0 Å². The Kier molecular flexibility index (Phi) is 7.24. The van der Waals surface area contributed by atoms with Crippen molar-refractivity contribution in [3.8, 4) is 0 Å². The molecule has 0 amide bonds. The van der Waals surface area contributed by atoms with Crippen LogP contribution >= 0.6 is 15.9 Å². The molecule has 0 radical (unpaired) electrons. The van der Waals surface area contributed by atoms with Crippen molar-refractivity contribution in [2.24, 2.45) is 5.16 Å². The standard InChI is InChI=1S/C7H6BrNO.C2H6O/c8-7-3-1-6(2-4-7)5-9-10;1-3-2/h1-5,10H;1-2H3. The Bertz CT molecular complexity index is 246. The third kappa shape index (κ3) is 6.31. The van der Waals surface area contributed by atoms with Crippen molar-refractivity contribution in [3.05, 3.63) is 34.3 Å². The van der Waals surface area contributed by atoms with Gasteiger partial charge in [-0.05, 0) is 17.7 Å². The molecule has 13 heavy (non-hydrogen) atoms. The normalized spacial score (nSPS) is 9.46. The lowest BCUT2D eigenvalue weighted by atomic mass is 10.2. The van der Waals surface area contributed by atoms with Crippen molar-refractivity contribution in [1.82, 2.24) is 0 Å². The first-order valence-electron chi connectivity index (χ1n) is 3.57. The fourth-order valence-corrected chi connectivity index (χ4v) is 0.880. The molecule has 1 N–H and O–H groups in total. The maximum absolute atomic E-state index is 8.15. The average molecular weight is 246 g/mol. The molecule has 0 aliphatic rings. The van der Waals surface area contributed by atoms with Crippen LogP contribution in [0.5, 0.6) is 0 Å². The lowest BCUT2D eigenvalue weighted by Crippen LogP contribution is -1.77. The van der Waals surface area contributed by atoms with Gasteiger partial charge in [0.05, 0.1) is 6.21 Å². The zero-order chi connectivity index (χ0) is 10.1. The van der Waals surface area contributed by atoms with Crippen LogP contribution in [-0.4, -0.2) is 25.6 Å². The van der Waals surface area contributed by atoms with Crippen LogP contribution in [0.25, 0.3) is 0 Å². The predicted octanol–water partition coefficient (Wildman–Crippen LogP) is 2.52. The number of hydrogen-bond acceptors (Lipinski definition) is 3. The van der Waals surface area contributed by atoms with E-state index in [4.69, 9.17) is 5.21 Å². The molecule has 0 aromatic heterocycles. The molecule has 72 valence electrons. The highest BCUT2D eigenvalue weighted by molar-refractivity contribution is 9.10. The Labute approximate surface area is 86.2 Å². The molecule has 0 saturated heterocycles. The van der Waals surface area contributed by atoms with Crippen LogP contribution < -0.4 is 0 Å². The van der Waals surface area contributed by atoms with Crippen LogP contribution in [0, 0.1) is 0 Å². The highest BCUT2D eigenvalue weighted by Gasteiger charge is 1.86. The van der Waals surface area contributed by atoms with Crippen LogP contribution in [0.15, 0.2) is 33.9 Å². The summed E-state index contributed by atoms with van der Waals surface area (Å²) in [5, 5.41) is 11.0. The smallest absolute Gasteiger partial charge is 0.0733 e. The number of methoxy groups -OCH3 is 1. The molecule has 0 heterocycles. The van der Waals surface area contributed by atoms with E-state index in [1.54, 1.807) is 14.2 Å². The number of nitrogens with zero attached hydrogens (tertiary/aromatic N) is 1. The third-order valence-electron chi connectivity index (χ3n) is 1.08. The number of oxime groups is 1. The van der Waals surface area contributed by atoms with E-state index in [-0.39, 0.29) is 0 Å². The number of hydrogen-bond donors (Lipinski definition) is 1. The van der Waals surface area contributed by atoms with Crippen molar-refractivity contribution in [2.75, 3.05) is 14.2 Å². The maximum atomic E-state index is 8.15. The van der Waals surface area contributed by atoms with E-state index >= 15 is 0 Å². The summed E-state index contributed by atoms with van der Waals surface area (Å²) in [5.74, 6) is 0. The van der Waals surface area contributed by atoms with Gasteiger partial charge < -0.3 is 9.94 Å². The average Bonchev–Trinajstić information content (AvgIpc) is 2.11. The molecule has 0 aliphatic carbocycles. The van der Waals surface area contributed by atoms with Gasteiger partial charge in [0.1, 0.15) is 0 Å². The minimum Gasteiger partial charge on any atom is -0.411 e. The Morgan fingerprint density at radius 1 is 1.31 bits per heavy atom. The molecule has 0 atom stereocenters. The highest BCUT2D eigenvalue weighted by Crippen LogP contribution is 2.08. The largest absolute Gasteiger partial charge is 0.411 e. The number of halogens is 1. The minimum absolute atomic E-state index is 0.880. The van der Waals surface area contributed by atoms with E-state index in [2.05, 4.69) is 25.8 Å². The van der Waals surface area contributed by atoms with Crippen LogP contribution in [0.4, 0.5) is 0 Å². The second-order valence-electron chi connectivity index (χ2n) is 2.20.